The lowest BCUT2D eigenvalue weighted by Crippen LogP contribution is -2.33. The van der Waals surface area contributed by atoms with Crippen LogP contribution >= 0.6 is 15.9 Å². The van der Waals surface area contributed by atoms with Gasteiger partial charge in [-0.25, -0.2) is 0 Å². The molecule has 0 amide bonds. The summed E-state index contributed by atoms with van der Waals surface area (Å²) in [5.41, 5.74) is 5.68. The molecule has 0 aliphatic carbocycles. The van der Waals surface area contributed by atoms with Gasteiger partial charge in [-0.3, -0.25) is 0 Å². The molecule has 1 aromatic carbocycles. The van der Waals surface area contributed by atoms with E-state index >= 15 is 0 Å². The first kappa shape index (κ1) is 11.5. The van der Waals surface area contributed by atoms with E-state index in [-0.39, 0.29) is 5.54 Å². The SMILES string of the molecule is CC(C)(N)CCOc1cccc(Br)c1. The molecule has 0 aliphatic rings. The molecule has 0 saturated carbocycles. The Morgan fingerprint density at radius 3 is 2.71 bits per heavy atom. The zero-order valence-corrected chi connectivity index (χ0v) is 10.2. The van der Waals surface area contributed by atoms with Gasteiger partial charge in [-0.05, 0) is 38.5 Å². The van der Waals surface area contributed by atoms with Gasteiger partial charge in [0, 0.05) is 10.0 Å². The highest BCUT2D eigenvalue weighted by Crippen LogP contribution is 2.18. The summed E-state index contributed by atoms with van der Waals surface area (Å²) < 4.78 is 6.58. The molecular weight excluding hydrogens is 242 g/mol. The van der Waals surface area contributed by atoms with Crippen LogP contribution in [0.15, 0.2) is 28.7 Å². The summed E-state index contributed by atoms with van der Waals surface area (Å²) in [6.45, 7) is 4.65. The first-order chi connectivity index (χ1) is 6.47. The van der Waals surface area contributed by atoms with Crippen molar-refractivity contribution >= 4 is 15.9 Å². The summed E-state index contributed by atoms with van der Waals surface area (Å²) in [5.74, 6) is 0.878. The standard InChI is InChI=1S/C11H16BrNO/c1-11(2,13)6-7-14-10-5-3-4-9(12)8-10/h3-5,8H,6-7,13H2,1-2H3. The molecule has 0 unspecified atom stereocenters. The van der Waals surface area contributed by atoms with Gasteiger partial charge in [0.15, 0.2) is 0 Å². The van der Waals surface area contributed by atoms with Crippen LogP contribution in [0, 0.1) is 0 Å². The Balaban J connectivity index is 2.39. The summed E-state index contributed by atoms with van der Waals surface area (Å²) >= 11 is 3.39. The van der Waals surface area contributed by atoms with E-state index in [0.29, 0.717) is 6.61 Å². The Bertz CT molecular complexity index is 294. The van der Waals surface area contributed by atoms with Gasteiger partial charge in [0.05, 0.1) is 6.61 Å². The number of benzene rings is 1. The fourth-order valence-electron chi connectivity index (χ4n) is 0.989. The zero-order valence-electron chi connectivity index (χ0n) is 8.59. The molecule has 0 radical (unpaired) electrons. The molecule has 1 rings (SSSR count). The second kappa shape index (κ2) is 4.80. The topological polar surface area (TPSA) is 35.2 Å². The molecule has 0 aromatic heterocycles. The van der Waals surface area contributed by atoms with Crippen molar-refractivity contribution < 1.29 is 4.74 Å². The normalized spacial score (nSPS) is 11.4. The van der Waals surface area contributed by atoms with Crippen LogP contribution in [0.25, 0.3) is 0 Å². The van der Waals surface area contributed by atoms with E-state index in [1.54, 1.807) is 0 Å². The summed E-state index contributed by atoms with van der Waals surface area (Å²) in [7, 11) is 0. The van der Waals surface area contributed by atoms with E-state index in [2.05, 4.69) is 15.9 Å². The van der Waals surface area contributed by atoms with Gasteiger partial charge in [-0.15, -0.1) is 0 Å². The van der Waals surface area contributed by atoms with Gasteiger partial charge in [0.1, 0.15) is 5.75 Å². The van der Waals surface area contributed by atoms with Crippen molar-refractivity contribution in [1.29, 1.82) is 0 Å². The van der Waals surface area contributed by atoms with Gasteiger partial charge in [0.25, 0.3) is 0 Å². The third-order valence-electron chi connectivity index (χ3n) is 1.81. The van der Waals surface area contributed by atoms with Gasteiger partial charge in [-0.2, -0.15) is 0 Å². The number of nitrogens with two attached hydrogens (primary N) is 1. The van der Waals surface area contributed by atoms with Gasteiger partial charge >= 0.3 is 0 Å². The zero-order chi connectivity index (χ0) is 10.6. The van der Waals surface area contributed by atoms with Crippen LogP contribution in [-0.2, 0) is 0 Å². The lowest BCUT2D eigenvalue weighted by Gasteiger charge is -2.18. The number of halogens is 1. The average Bonchev–Trinajstić information content (AvgIpc) is 2.01. The molecule has 78 valence electrons. The van der Waals surface area contributed by atoms with Crippen molar-refractivity contribution in [3.05, 3.63) is 28.7 Å². The number of hydrogen-bond donors (Lipinski definition) is 1. The van der Waals surface area contributed by atoms with Crippen molar-refractivity contribution in [2.75, 3.05) is 6.61 Å². The predicted octanol–water partition coefficient (Wildman–Crippen LogP) is 2.96. The predicted molar refractivity (Wildman–Crippen MR) is 62.5 cm³/mol. The maximum Gasteiger partial charge on any atom is 0.120 e. The summed E-state index contributed by atoms with van der Waals surface area (Å²) in [6.07, 6.45) is 0.847. The van der Waals surface area contributed by atoms with E-state index in [1.165, 1.54) is 0 Å². The molecule has 0 spiro atoms. The maximum atomic E-state index is 5.84. The van der Waals surface area contributed by atoms with Gasteiger partial charge in [-0.1, -0.05) is 22.0 Å². The van der Waals surface area contributed by atoms with E-state index in [9.17, 15) is 0 Å². The van der Waals surface area contributed by atoms with Crippen molar-refractivity contribution in [3.63, 3.8) is 0 Å². The first-order valence-electron chi connectivity index (χ1n) is 4.65. The van der Waals surface area contributed by atoms with E-state index in [0.717, 1.165) is 16.6 Å². The number of rotatable bonds is 4. The van der Waals surface area contributed by atoms with Crippen LogP contribution in [0.5, 0.6) is 5.75 Å². The van der Waals surface area contributed by atoms with Crippen LogP contribution in [-0.4, -0.2) is 12.1 Å². The second-order valence-corrected chi connectivity index (χ2v) is 4.96. The van der Waals surface area contributed by atoms with Crippen LogP contribution < -0.4 is 10.5 Å². The lowest BCUT2D eigenvalue weighted by molar-refractivity contribution is 0.274. The van der Waals surface area contributed by atoms with E-state index < -0.39 is 0 Å². The van der Waals surface area contributed by atoms with Crippen molar-refractivity contribution in [3.8, 4) is 5.75 Å². The minimum absolute atomic E-state index is 0.161. The molecule has 3 heteroatoms. The highest BCUT2D eigenvalue weighted by Gasteiger charge is 2.09. The van der Waals surface area contributed by atoms with Crippen molar-refractivity contribution in [2.24, 2.45) is 5.73 Å². The molecule has 0 fully saturated rings. The molecule has 1 aromatic rings. The Kier molecular flexibility index (Phi) is 3.96. The third-order valence-corrected chi connectivity index (χ3v) is 2.30. The second-order valence-electron chi connectivity index (χ2n) is 4.04. The molecule has 0 heterocycles. The quantitative estimate of drug-likeness (QED) is 0.901. The van der Waals surface area contributed by atoms with Crippen LogP contribution in [0.3, 0.4) is 0 Å². The van der Waals surface area contributed by atoms with Gasteiger partial charge in [0.2, 0.25) is 0 Å². The number of ether oxygens (including phenoxy) is 1. The van der Waals surface area contributed by atoms with E-state index in [1.807, 2.05) is 38.1 Å². The van der Waals surface area contributed by atoms with E-state index in [4.69, 9.17) is 10.5 Å². The smallest absolute Gasteiger partial charge is 0.120 e. The summed E-state index contributed by atoms with van der Waals surface area (Å²) in [5, 5.41) is 0. The van der Waals surface area contributed by atoms with Crippen molar-refractivity contribution in [1.82, 2.24) is 0 Å². The Morgan fingerprint density at radius 1 is 1.43 bits per heavy atom. The lowest BCUT2D eigenvalue weighted by atomic mass is 10.0. The van der Waals surface area contributed by atoms with Gasteiger partial charge < -0.3 is 10.5 Å². The minimum Gasteiger partial charge on any atom is -0.493 e. The van der Waals surface area contributed by atoms with Crippen molar-refractivity contribution in [2.45, 2.75) is 25.8 Å². The van der Waals surface area contributed by atoms with Crippen LogP contribution in [0.2, 0.25) is 0 Å². The molecule has 0 aliphatic heterocycles. The molecule has 2 N–H and O–H groups in total. The Morgan fingerprint density at radius 2 is 2.14 bits per heavy atom. The molecule has 0 atom stereocenters. The first-order valence-corrected chi connectivity index (χ1v) is 5.44. The highest BCUT2D eigenvalue weighted by atomic mass is 79.9. The molecule has 0 saturated heterocycles. The molecular formula is C11H16BrNO. The maximum absolute atomic E-state index is 5.84. The average molecular weight is 258 g/mol. The number of hydrogen-bond acceptors (Lipinski definition) is 2. The Hall–Kier alpha value is -0.540. The summed E-state index contributed by atoms with van der Waals surface area (Å²) in [6, 6.07) is 7.81. The monoisotopic (exact) mass is 257 g/mol. The molecule has 14 heavy (non-hydrogen) atoms. The fraction of sp³-hybridized carbons (Fsp3) is 0.455. The largest absolute Gasteiger partial charge is 0.493 e. The molecule has 0 bridgehead atoms. The minimum atomic E-state index is -0.161. The van der Waals surface area contributed by atoms with Crippen LogP contribution in [0.4, 0.5) is 0 Å². The van der Waals surface area contributed by atoms with Crippen LogP contribution in [0.1, 0.15) is 20.3 Å². The third kappa shape index (κ3) is 4.63. The highest BCUT2D eigenvalue weighted by molar-refractivity contribution is 9.10. The fourth-order valence-corrected chi connectivity index (χ4v) is 1.37. The molecule has 2 nitrogen and oxygen atoms in total. The summed E-state index contributed by atoms with van der Waals surface area (Å²) in [4.78, 5) is 0. The Labute approximate surface area is 93.6 Å².